The van der Waals surface area contributed by atoms with Gasteiger partial charge in [0, 0.05) is 21.0 Å². The molecule has 0 bridgehead atoms. The summed E-state index contributed by atoms with van der Waals surface area (Å²) in [5.74, 6) is -0.613. The van der Waals surface area contributed by atoms with Crippen LogP contribution in [0.2, 0.25) is 5.02 Å². The highest BCUT2D eigenvalue weighted by Gasteiger charge is 2.21. The van der Waals surface area contributed by atoms with Crippen molar-refractivity contribution in [2.24, 2.45) is 5.10 Å². The first kappa shape index (κ1) is 24.5. The molecule has 8 heteroatoms. The Balaban J connectivity index is 1.42. The predicted octanol–water partition coefficient (Wildman–Crippen LogP) is 7.23. The molecule has 0 unspecified atom stereocenters. The number of nitrogens with zero attached hydrogens (tertiary/aromatic N) is 1. The predicted molar refractivity (Wildman–Crippen MR) is 149 cm³/mol. The monoisotopic (exact) mass is 571 g/mol. The van der Waals surface area contributed by atoms with Gasteiger partial charge in [0.2, 0.25) is 0 Å². The van der Waals surface area contributed by atoms with E-state index in [-0.39, 0.29) is 0 Å². The number of carbonyl (C=O) groups is 2. The number of H-pyrrole nitrogens is 1. The van der Waals surface area contributed by atoms with E-state index in [2.05, 4.69) is 31.4 Å². The highest BCUT2D eigenvalue weighted by atomic mass is 79.9. The van der Waals surface area contributed by atoms with Gasteiger partial charge in [0.25, 0.3) is 5.91 Å². The highest BCUT2D eigenvalue weighted by Crippen LogP contribution is 2.37. The summed E-state index contributed by atoms with van der Waals surface area (Å²) in [4.78, 5) is 28.9. The Morgan fingerprint density at radius 1 is 0.919 bits per heavy atom. The number of benzene rings is 4. The van der Waals surface area contributed by atoms with Crippen molar-refractivity contribution in [3.63, 3.8) is 0 Å². The number of fused-ring (bicyclic) bond motifs is 1. The summed E-state index contributed by atoms with van der Waals surface area (Å²) < 4.78 is 6.35. The molecule has 0 saturated carbocycles. The van der Waals surface area contributed by atoms with Crippen LogP contribution < -0.4 is 10.2 Å². The number of hydrogen-bond acceptors (Lipinski definition) is 4. The molecule has 0 radical (unpaired) electrons. The van der Waals surface area contributed by atoms with Gasteiger partial charge in [-0.25, -0.2) is 10.2 Å². The Morgan fingerprint density at radius 3 is 2.35 bits per heavy atom. The van der Waals surface area contributed by atoms with Crippen LogP contribution in [-0.2, 0) is 0 Å². The number of hydrogen-bond donors (Lipinski definition) is 2. The molecule has 5 rings (SSSR count). The summed E-state index contributed by atoms with van der Waals surface area (Å²) in [5.41, 5.74) is 6.07. The van der Waals surface area contributed by atoms with Crippen molar-refractivity contribution in [1.82, 2.24) is 10.4 Å². The van der Waals surface area contributed by atoms with Crippen LogP contribution in [0.5, 0.6) is 5.75 Å². The second-order valence-electron chi connectivity index (χ2n) is 8.04. The Morgan fingerprint density at radius 2 is 1.59 bits per heavy atom. The van der Waals surface area contributed by atoms with Crippen LogP contribution in [-0.4, -0.2) is 23.1 Å². The first-order valence-corrected chi connectivity index (χ1v) is 12.4. The third-order valence-electron chi connectivity index (χ3n) is 5.61. The zero-order valence-electron chi connectivity index (χ0n) is 19.2. The van der Waals surface area contributed by atoms with Crippen molar-refractivity contribution < 1.29 is 14.3 Å². The summed E-state index contributed by atoms with van der Waals surface area (Å²) >= 11 is 9.95. The summed E-state index contributed by atoms with van der Waals surface area (Å²) in [5, 5.41) is 5.41. The molecular formula is C29H19BrClN3O3. The van der Waals surface area contributed by atoms with Crippen LogP contribution in [0.15, 0.2) is 107 Å². The van der Waals surface area contributed by atoms with Crippen molar-refractivity contribution in [3.8, 4) is 16.9 Å². The van der Waals surface area contributed by atoms with Crippen LogP contribution in [0, 0.1) is 0 Å². The van der Waals surface area contributed by atoms with Crippen molar-refractivity contribution in [2.45, 2.75) is 0 Å². The average Bonchev–Trinajstić information content (AvgIpc) is 3.30. The van der Waals surface area contributed by atoms with E-state index in [1.165, 1.54) is 6.21 Å². The maximum Gasteiger partial charge on any atom is 0.343 e. The van der Waals surface area contributed by atoms with Gasteiger partial charge >= 0.3 is 5.97 Å². The Bertz CT molecular complexity index is 1630. The molecule has 182 valence electrons. The van der Waals surface area contributed by atoms with Crippen molar-refractivity contribution in [1.29, 1.82) is 0 Å². The first-order chi connectivity index (χ1) is 18.0. The molecule has 0 saturated heterocycles. The minimum Gasteiger partial charge on any atom is -0.422 e. The van der Waals surface area contributed by atoms with Crippen LogP contribution in [0.1, 0.15) is 26.4 Å². The molecule has 2 N–H and O–H groups in total. The number of nitrogens with one attached hydrogen (secondary N) is 2. The maximum atomic E-state index is 13.2. The van der Waals surface area contributed by atoms with Gasteiger partial charge < -0.3 is 9.72 Å². The number of aromatic nitrogens is 1. The second-order valence-corrected chi connectivity index (χ2v) is 9.37. The highest BCUT2D eigenvalue weighted by molar-refractivity contribution is 9.10. The number of amides is 1. The lowest BCUT2D eigenvalue weighted by molar-refractivity contribution is 0.0734. The lowest BCUT2D eigenvalue weighted by Gasteiger charge is -2.07. The topological polar surface area (TPSA) is 83.5 Å². The van der Waals surface area contributed by atoms with E-state index in [0.29, 0.717) is 38.7 Å². The lowest BCUT2D eigenvalue weighted by Crippen LogP contribution is -2.19. The standard InChI is InChI=1S/C29H19BrClN3O3/c30-21-15-22-25(18-9-3-1-4-10-18)27(33-26(22)23(31)16-21)28(35)34-32-17-20-13-7-8-14-24(20)37-29(36)19-11-5-2-6-12-19/h1-17,33H,(H,34,35). The van der Waals surface area contributed by atoms with E-state index in [1.54, 1.807) is 54.6 Å². The number of halogens is 2. The Kier molecular flexibility index (Phi) is 7.16. The Hall–Kier alpha value is -4.20. The second kappa shape index (κ2) is 10.8. The molecule has 37 heavy (non-hydrogen) atoms. The third-order valence-corrected chi connectivity index (χ3v) is 6.37. The molecule has 0 aliphatic rings. The van der Waals surface area contributed by atoms with Crippen LogP contribution in [0.4, 0.5) is 0 Å². The zero-order valence-corrected chi connectivity index (χ0v) is 21.6. The van der Waals surface area contributed by atoms with E-state index in [1.807, 2.05) is 42.5 Å². The third kappa shape index (κ3) is 5.33. The molecule has 5 aromatic rings. The molecule has 0 aliphatic carbocycles. The minimum absolute atomic E-state index is 0.321. The van der Waals surface area contributed by atoms with E-state index in [0.717, 1.165) is 15.4 Å². The number of para-hydroxylation sites is 1. The van der Waals surface area contributed by atoms with Crippen molar-refractivity contribution >= 4 is 56.5 Å². The molecule has 4 aromatic carbocycles. The van der Waals surface area contributed by atoms with Gasteiger partial charge in [0.05, 0.1) is 22.3 Å². The number of esters is 1. The average molecular weight is 573 g/mol. The molecule has 1 aromatic heterocycles. The number of ether oxygens (including phenoxy) is 1. The van der Waals surface area contributed by atoms with Gasteiger partial charge in [0.1, 0.15) is 11.4 Å². The summed E-state index contributed by atoms with van der Waals surface area (Å²) in [7, 11) is 0. The number of hydrazone groups is 1. The van der Waals surface area contributed by atoms with E-state index in [9.17, 15) is 9.59 Å². The number of carbonyl (C=O) groups excluding carboxylic acids is 2. The number of rotatable bonds is 6. The van der Waals surface area contributed by atoms with Gasteiger partial charge in [-0.15, -0.1) is 0 Å². The summed E-state index contributed by atoms with van der Waals surface area (Å²) in [6, 6.07) is 28.9. The van der Waals surface area contributed by atoms with Gasteiger partial charge in [0.15, 0.2) is 0 Å². The van der Waals surface area contributed by atoms with Crippen molar-refractivity contribution in [2.75, 3.05) is 0 Å². The maximum absolute atomic E-state index is 13.2. The Labute approximate surface area is 226 Å². The minimum atomic E-state index is -0.487. The molecule has 0 fully saturated rings. The molecule has 1 amide bonds. The molecular weight excluding hydrogens is 554 g/mol. The molecule has 6 nitrogen and oxygen atoms in total. The molecule has 0 atom stereocenters. The van der Waals surface area contributed by atoms with Crippen molar-refractivity contribution in [3.05, 3.63) is 123 Å². The summed E-state index contributed by atoms with van der Waals surface area (Å²) in [6.07, 6.45) is 1.43. The van der Waals surface area contributed by atoms with Gasteiger partial charge in [-0.05, 0) is 42.0 Å². The molecule has 1 heterocycles. The summed E-state index contributed by atoms with van der Waals surface area (Å²) in [6.45, 7) is 0. The molecule has 0 spiro atoms. The zero-order chi connectivity index (χ0) is 25.8. The quantitative estimate of drug-likeness (QED) is 0.0974. The van der Waals surface area contributed by atoms with Gasteiger partial charge in [-0.1, -0.05) is 88.2 Å². The van der Waals surface area contributed by atoms with Crippen LogP contribution >= 0.6 is 27.5 Å². The fraction of sp³-hybridized carbons (Fsp3) is 0. The van der Waals surface area contributed by atoms with Crippen LogP contribution in [0.25, 0.3) is 22.0 Å². The van der Waals surface area contributed by atoms with E-state index >= 15 is 0 Å². The SMILES string of the molecule is O=C(Oc1ccccc1C=NNC(=O)c1[nH]c2c(Cl)cc(Br)cc2c1-c1ccccc1)c1ccccc1. The van der Waals surface area contributed by atoms with Crippen LogP contribution in [0.3, 0.4) is 0 Å². The number of aromatic amines is 1. The van der Waals surface area contributed by atoms with E-state index in [4.69, 9.17) is 16.3 Å². The van der Waals surface area contributed by atoms with Gasteiger partial charge in [-0.2, -0.15) is 5.10 Å². The fourth-order valence-corrected chi connectivity index (χ4v) is 4.78. The first-order valence-electron chi connectivity index (χ1n) is 11.3. The normalized spacial score (nSPS) is 11.1. The molecule has 0 aliphatic heterocycles. The largest absolute Gasteiger partial charge is 0.422 e. The van der Waals surface area contributed by atoms with Gasteiger partial charge in [-0.3, -0.25) is 4.79 Å². The lowest BCUT2D eigenvalue weighted by atomic mass is 10.0. The fourth-order valence-electron chi connectivity index (χ4n) is 3.92. The van der Waals surface area contributed by atoms with E-state index < -0.39 is 11.9 Å². The smallest absolute Gasteiger partial charge is 0.343 e.